The number of aliphatic imine (C=N–C) groups is 1. The van der Waals surface area contributed by atoms with Crippen LogP contribution in [0.1, 0.15) is 32.8 Å². The molecule has 0 fully saturated rings. The lowest BCUT2D eigenvalue weighted by atomic mass is 9.99. The Morgan fingerprint density at radius 1 is 1.15 bits per heavy atom. The zero-order valence-electron chi connectivity index (χ0n) is 16.4. The maximum Gasteiger partial charge on any atom is 0.157 e. The Bertz CT molecular complexity index is 939. The zero-order valence-corrected chi connectivity index (χ0v) is 16.4. The minimum Gasteiger partial charge on any atom is -0.497 e. The number of ether oxygens (including phenoxy) is 1. The molecule has 1 aliphatic rings. The number of nitrogens with two attached hydrogens (primary N) is 2. The topological polar surface area (TPSA) is 89.2 Å². The average molecular weight is 365 g/mol. The van der Waals surface area contributed by atoms with Crippen molar-refractivity contribution in [2.24, 2.45) is 21.6 Å². The predicted octanol–water partition coefficient (Wildman–Crippen LogP) is 3.21. The van der Waals surface area contributed by atoms with E-state index in [9.17, 15) is 0 Å². The molecule has 0 aliphatic carbocycles. The van der Waals surface area contributed by atoms with Crippen molar-refractivity contribution in [2.45, 2.75) is 33.2 Å². The molecular weight excluding hydrogens is 338 g/mol. The number of fused-ring (bicyclic) bond motifs is 1. The van der Waals surface area contributed by atoms with Gasteiger partial charge in [-0.3, -0.25) is 4.99 Å². The molecule has 2 aromatic rings. The summed E-state index contributed by atoms with van der Waals surface area (Å²) in [5, 5.41) is 8.91. The quantitative estimate of drug-likeness (QED) is 0.851. The normalized spacial score (nSPS) is 15.7. The van der Waals surface area contributed by atoms with Crippen molar-refractivity contribution < 1.29 is 4.74 Å². The van der Waals surface area contributed by atoms with Gasteiger partial charge in [0.1, 0.15) is 17.3 Å². The van der Waals surface area contributed by atoms with Gasteiger partial charge in [0.2, 0.25) is 0 Å². The van der Waals surface area contributed by atoms with Crippen LogP contribution in [0.5, 0.6) is 5.75 Å². The van der Waals surface area contributed by atoms with Crippen molar-refractivity contribution in [3.05, 3.63) is 53.4 Å². The van der Waals surface area contributed by atoms with Gasteiger partial charge in [-0.2, -0.15) is 5.10 Å². The molecule has 0 saturated heterocycles. The smallest absolute Gasteiger partial charge is 0.157 e. The van der Waals surface area contributed by atoms with Crippen molar-refractivity contribution in [3.63, 3.8) is 0 Å². The van der Waals surface area contributed by atoms with E-state index in [1.165, 1.54) is 0 Å². The minimum absolute atomic E-state index is 0.150. The molecule has 0 amide bonds. The second-order valence-electron chi connectivity index (χ2n) is 6.85. The van der Waals surface area contributed by atoms with E-state index in [0.29, 0.717) is 12.1 Å². The fourth-order valence-corrected chi connectivity index (χ4v) is 3.12. The Morgan fingerprint density at radius 3 is 2.48 bits per heavy atom. The van der Waals surface area contributed by atoms with Gasteiger partial charge in [0.05, 0.1) is 12.7 Å². The molecule has 27 heavy (non-hydrogen) atoms. The number of benzene rings is 2. The van der Waals surface area contributed by atoms with E-state index in [-0.39, 0.29) is 11.9 Å². The third kappa shape index (κ3) is 3.60. The highest BCUT2D eigenvalue weighted by Gasteiger charge is 2.32. The number of hydrogen-bond donors (Lipinski definition) is 2. The first-order chi connectivity index (χ1) is 13.0. The van der Waals surface area contributed by atoms with Crippen molar-refractivity contribution >= 4 is 22.3 Å². The molecular formula is C21H27N5O. The average Bonchev–Trinajstić information content (AvgIpc) is 3.05. The van der Waals surface area contributed by atoms with Crippen LogP contribution in [0, 0.1) is 0 Å². The summed E-state index contributed by atoms with van der Waals surface area (Å²) in [4.78, 5) is 4.70. The lowest BCUT2D eigenvalue weighted by Gasteiger charge is -2.19. The number of amidine groups is 1. The van der Waals surface area contributed by atoms with E-state index in [4.69, 9.17) is 26.3 Å². The van der Waals surface area contributed by atoms with E-state index in [2.05, 4.69) is 32.9 Å². The summed E-state index contributed by atoms with van der Waals surface area (Å²) in [6.07, 6.45) is 0.945. The molecule has 0 atom stereocenters. The SMILES string of the molecule is CCC/N=C1\C(=C(N)N)C(c2ccc3cc(OC)ccc3c2)=NN1C(C)C. The van der Waals surface area contributed by atoms with Crippen molar-refractivity contribution in [3.8, 4) is 5.75 Å². The Kier molecular flexibility index (Phi) is 5.35. The van der Waals surface area contributed by atoms with E-state index in [0.717, 1.165) is 40.1 Å². The second kappa shape index (κ2) is 7.70. The summed E-state index contributed by atoms with van der Waals surface area (Å²) >= 11 is 0. The summed E-state index contributed by atoms with van der Waals surface area (Å²) < 4.78 is 5.31. The molecule has 4 N–H and O–H groups in total. The van der Waals surface area contributed by atoms with E-state index in [1.807, 2.05) is 29.3 Å². The van der Waals surface area contributed by atoms with Crippen LogP contribution in [0.2, 0.25) is 0 Å². The number of rotatable bonds is 5. The van der Waals surface area contributed by atoms with Crippen LogP contribution in [-0.4, -0.2) is 36.3 Å². The monoisotopic (exact) mass is 365 g/mol. The van der Waals surface area contributed by atoms with Crippen LogP contribution in [0.3, 0.4) is 0 Å². The first-order valence-corrected chi connectivity index (χ1v) is 9.22. The van der Waals surface area contributed by atoms with Gasteiger partial charge in [0, 0.05) is 18.2 Å². The van der Waals surface area contributed by atoms with Gasteiger partial charge in [-0.05, 0) is 49.2 Å². The third-order valence-corrected chi connectivity index (χ3v) is 4.47. The lowest BCUT2D eigenvalue weighted by Crippen LogP contribution is -2.31. The Hall–Kier alpha value is -3.02. The van der Waals surface area contributed by atoms with Gasteiger partial charge in [-0.15, -0.1) is 0 Å². The van der Waals surface area contributed by atoms with Crippen molar-refractivity contribution in [2.75, 3.05) is 13.7 Å². The summed E-state index contributed by atoms with van der Waals surface area (Å²) in [6, 6.07) is 12.3. The van der Waals surface area contributed by atoms with Gasteiger partial charge < -0.3 is 16.2 Å². The molecule has 0 bridgehead atoms. The standard InChI is InChI=1S/C21H27N5O/c1-5-10-24-21-18(20(22)23)19(25-26(21)13(2)3)16-7-6-15-12-17(27-4)9-8-14(15)11-16/h6-9,11-13H,5,10,22-23H2,1-4H3/b24-21+. The van der Waals surface area contributed by atoms with E-state index >= 15 is 0 Å². The van der Waals surface area contributed by atoms with Crippen molar-refractivity contribution in [1.29, 1.82) is 0 Å². The molecule has 0 aromatic heterocycles. The predicted molar refractivity (Wildman–Crippen MR) is 112 cm³/mol. The van der Waals surface area contributed by atoms with Gasteiger partial charge >= 0.3 is 0 Å². The second-order valence-corrected chi connectivity index (χ2v) is 6.85. The molecule has 6 heteroatoms. The van der Waals surface area contributed by atoms with Crippen LogP contribution >= 0.6 is 0 Å². The molecule has 0 saturated carbocycles. The summed E-state index contributed by atoms with van der Waals surface area (Å²) in [5.74, 6) is 1.82. The molecule has 0 radical (unpaired) electrons. The Morgan fingerprint density at radius 2 is 1.85 bits per heavy atom. The van der Waals surface area contributed by atoms with Gasteiger partial charge in [0.15, 0.2) is 5.84 Å². The fraction of sp³-hybridized carbons (Fsp3) is 0.333. The number of nitrogens with zero attached hydrogens (tertiary/aromatic N) is 3. The lowest BCUT2D eigenvalue weighted by molar-refractivity contribution is 0.376. The van der Waals surface area contributed by atoms with E-state index < -0.39 is 0 Å². The zero-order chi connectivity index (χ0) is 19.6. The molecule has 1 aliphatic heterocycles. The molecule has 142 valence electrons. The molecule has 2 aromatic carbocycles. The minimum atomic E-state index is 0.150. The number of hydrazone groups is 1. The van der Waals surface area contributed by atoms with Crippen LogP contribution in [0.25, 0.3) is 10.8 Å². The summed E-state index contributed by atoms with van der Waals surface area (Å²) in [5.41, 5.74) is 14.5. The maximum absolute atomic E-state index is 6.05. The largest absolute Gasteiger partial charge is 0.497 e. The fourth-order valence-electron chi connectivity index (χ4n) is 3.12. The molecule has 3 rings (SSSR count). The Labute approximate surface area is 160 Å². The van der Waals surface area contributed by atoms with Gasteiger partial charge in [-0.1, -0.05) is 25.1 Å². The highest BCUT2D eigenvalue weighted by atomic mass is 16.5. The first kappa shape index (κ1) is 18.8. The first-order valence-electron chi connectivity index (χ1n) is 9.22. The maximum atomic E-state index is 6.05. The highest BCUT2D eigenvalue weighted by Crippen LogP contribution is 2.28. The highest BCUT2D eigenvalue weighted by molar-refractivity contribution is 6.33. The van der Waals surface area contributed by atoms with Crippen LogP contribution < -0.4 is 16.2 Å². The van der Waals surface area contributed by atoms with Gasteiger partial charge in [0.25, 0.3) is 0 Å². The van der Waals surface area contributed by atoms with E-state index in [1.54, 1.807) is 7.11 Å². The molecule has 1 heterocycles. The third-order valence-electron chi connectivity index (χ3n) is 4.47. The molecule has 6 nitrogen and oxygen atoms in total. The number of methoxy groups -OCH3 is 1. The summed E-state index contributed by atoms with van der Waals surface area (Å²) in [7, 11) is 1.67. The van der Waals surface area contributed by atoms with Crippen LogP contribution in [0.15, 0.2) is 57.9 Å². The molecule has 0 spiro atoms. The van der Waals surface area contributed by atoms with Crippen LogP contribution in [0.4, 0.5) is 0 Å². The number of hydrogen-bond acceptors (Lipinski definition) is 5. The Balaban J connectivity index is 2.12. The van der Waals surface area contributed by atoms with Gasteiger partial charge in [-0.25, -0.2) is 5.01 Å². The summed E-state index contributed by atoms with van der Waals surface area (Å²) in [6.45, 7) is 6.94. The van der Waals surface area contributed by atoms with Crippen LogP contribution in [-0.2, 0) is 0 Å². The molecule has 0 unspecified atom stereocenters. The van der Waals surface area contributed by atoms with Crippen molar-refractivity contribution in [1.82, 2.24) is 5.01 Å².